The predicted octanol–water partition coefficient (Wildman–Crippen LogP) is -0.542. The predicted molar refractivity (Wildman–Crippen MR) is 67.4 cm³/mol. The van der Waals surface area contributed by atoms with Crippen LogP contribution in [0.25, 0.3) is 0 Å². The Hall–Kier alpha value is -2.28. The van der Waals surface area contributed by atoms with Crippen molar-refractivity contribution in [2.75, 3.05) is 13.1 Å². The molecule has 0 aliphatic carbocycles. The summed E-state index contributed by atoms with van der Waals surface area (Å²) < 4.78 is 0. The first-order chi connectivity index (χ1) is 8.81. The summed E-state index contributed by atoms with van der Waals surface area (Å²) in [5, 5.41) is 9.81. The molecule has 1 rings (SSSR count). The van der Waals surface area contributed by atoms with Crippen LogP contribution < -0.4 is 11.5 Å². The molecule has 19 heavy (non-hydrogen) atoms. The third-order valence-electron chi connectivity index (χ3n) is 2.17. The highest BCUT2D eigenvalue weighted by Crippen LogP contribution is 2.22. The average Bonchev–Trinajstić information content (AvgIpc) is 2.29. The second-order valence-electron chi connectivity index (χ2n) is 3.76. The first-order valence-electron chi connectivity index (χ1n) is 5.15. The van der Waals surface area contributed by atoms with Crippen LogP contribution in [0, 0.1) is 0 Å². The molecule has 0 aliphatic heterocycles. The summed E-state index contributed by atoms with van der Waals surface area (Å²) in [6.07, 6.45) is 0. The number of primary amides is 2. The van der Waals surface area contributed by atoms with Crippen molar-refractivity contribution in [3.05, 3.63) is 28.8 Å². The standard InChI is InChI=1S/C11H12ClN3O4/c12-6-1-2-8(16)7(3-6)11(19)15(4-9(13)17)5-10(14)18/h1-3,16H,4-5H2,(H2,13,17)(H2,14,18). The lowest BCUT2D eigenvalue weighted by Crippen LogP contribution is -2.43. The SMILES string of the molecule is NC(=O)CN(CC(N)=O)C(=O)c1cc(Cl)ccc1O. The highest BCUT2D eigenvalue weighted by Gasteiger charge is 2.22. The van der Waals surface area contributed by atoms with Crippen LogP contribution >= 0.6 is 11.6 Å². The lowest BCUT2D eigenvalue weighted by atomic mass is 10.1. The molecule has 0 saturated heterocycles. The molecule has 7 nitrogen and oxygen atoms in total. The van der Waals surface area contributed by atoms with E-state index < -0.39 is 30.8 Å². The van der Waals surface area contributed by atoms with Crippen LogP contribution in [0.1, 0.15) is 10.4 Å². The van der Waals surface area contributed by atoms with Crippen molar-refractivity contribution in [2.24, 2.45) is 11.5 Å². The Kier molecular flexibility index (Phi) is 4.71. The van der Waals surface area contributed by atoms with E-state index in [0.717, 1.165) is 4.90 Å². The van der Waals surface area contributed by atoms with Crippen LogP contribution in [0.15, 0.2) is 18.2 Å². The monoisotopic (exact) mass is 285 g/mol. The van der Waals surface area contributed by atoms with E-state index in [4.69, 9.17) is 23.1 Å². The van der Waals surface area contributed by atoms with Gasteiger partial charge in [-0.1, -0.05) is 11.6 Å². The van der Waals surface area contributed by atoms with Crippen molar-refractivity contribution >= 4 is 29.3 Å². The van der Waals surface area contributed by atoms with E-state index in [9.17, 15) is 19.5 Å². The smallest absolute Gasteiger partial charge is 0.258 e. The number of nitrogens with zero attached hydrogens (tertiary/aromatic N) is 1. The van der Waals surface area contributed by atoms with Crippen molar-refractivity contribution < 1.29 is 19.5 Å². The van der Waals surface area contributed by atoms with Crippen molar-refractivity contribution in [2.45, 2.75) is 0 Å². The molecule has 102 valence electrons. The lowest BCUT2D eigenvalue weighted by molar-refractivity contribution is -0.121. The van der Waals surface area contributed by atoms with Crippen LogP contribution in [0.2, 0.25) is 5.02 Å². The fourth-order valence-corrected chi connectivity index (χ4v) is 1.60. The van der Waals surface area contributed by atoms with Gasteiger partial charge in [0.25, 0.3) is 5.91 Å². The number of hydrogen-bond acceptors (Lipinski definition) is 4. The largest absolute Gasteiger partial charge is 0.507 e. The number of aromatic hydroxyl groups is 1. The lowest BCUT2D eigenvalue weighted by Gasteiger charge is -2.20. The zero-order chi connectivity index (χ0) is 14.6. The Bertz CT molecular complexity index is 517. The molecular formula is C11H12ClN3O4. The summed E-state index contributed by atoms with van der Waals surface area (Å²) in [6.45, 7) is -0.985. The Morgan fingerprint density at radius 1 is 1.16 bits per heavy atom. The zero-order valence-electron chi connectivity index (χ0n) is 9.80. The minimum atomic E-state index is -0.809. The van der Waals surface area contributed by atoms with Gasteiger partial charge in [-0.3, -0.25) is 14.4 Å². The molecule has 3 amide bonds. The van der Waals surface area contributed by atoms with Crippen LogP contribution in [-0.2, 0) is 9.59 Å². The Morgan fingerprint density at radius 3 is 2.16 bits per heavy atom. The third kappa shape index (κ3) is 4.14. The van der Waals surface area contributed by atoms with Crippen LogP contribution in [0.4, 0.5) is 0 Å². The van der Waals surface area contributed by atoms with Gasteiger partial charge in [-0.05, 0) is 18.2 Å². The highest BCUT2D eigenvalue weighted by atomic mass is 35.5. The van der Waals surface area contributed by atoms with E-state index in [0.29, 0.717) is 0 Å². The van der Waals surface area contributed by atoms with Crippen LogP contribution in [-0.4, -0.2) is 40.8 Å². The van der Waals surface area contributed by atoms with Gasteiger partial charge in [0.2, 0.25) is 11.8 Å². The number of rotatable bonds is 5. The summed E-state index contributed by atoms with van der Waals surface area (Å²) >= 11 is 5.71. The quantitative estimate of drug-likeness (QED) is 0.671. The van der Waals surface area contributed by atoms with Crippen LogP contribution in [0.3, 0.4) is 0 Å². The number of benzene rings is 1. The van der Waals surface area contributed by atoms with Gasteiger partial charge in [0.1, 0.15) is 18.8 Å². The summed E-state index contributed by atoms with van der Waals surface area (Å²) in [5.41, 5.74) is 9.82. The first kappa shape index (κ1) is 14.8. The fourth-order valence-electron chi connectivity index (χ4n) is 1.43. The minimum Gasteiger partial charge on any atom is -0.507 e. The maximum atomic E-state index is 12.1. The molecule has 5 N–H and O–H groups in total. The molecule has 0 aromatic heterocycles. The molecule has 0 spiro atoms. The Labute approximate surface area is 113 Å². The van der Waals surface area contributed by atoms with Gasteiger partial charge in [0.15, 0.2) is 0 Å². The molecule has 0 heterocycles. The number of carbonyl (C=O) groups excluding carboxylic acids is 3. The summed E-state index contributed by atoms with van der Waals surface area (Å²) in [4.78, 5) is 34.6. The van der Waals surface area contributed by atoms with E-state index in [1.807, 2.05) is 0 Å². The second-order valence-corrected chi connectivity index (χ2v) is 4.19. The van der Waals surface area contributed by atoms with Gasteiger partial charge in [-0.25, -0.2) is 0 Å². The molecule has 1 aromatic carbocycles. The topological polar surface area (TPSA) is 127 Å². The molecule has 0 saturated carbocycles. The third-order valence-corrected chi connectivity index (χ3v) is 2.40. The number of phenolic OH excluding ortho intramolecular Hbond substituents is 1. The number of carbonyl (C=O) groups is 3. The fraction of sp³-hybridized carbons (Fsp3) is 0.182. The van der Waals surface area contributed by atoms with E-state index in [2.05, 4.69) is 0 Å². The van der Waals surface area contributed by atoms with Crippen molar-refractivity contribution in [3.63, 3.8) is 0 Å². The van der Waals surface area contributed by atoms with E-state index in [1.165, 1.54) is 18.2 Å². The summed E-state index contributed by atoms with van der Waals surface area (Å²) in [7, 11) is 0. The van der Waals surface area contributed by atoms with Gasteiger partial charge >= 0.3 is 0 Å². The number of nitrogens with two attached hydrogens (primary N) is 2. The Morgan fingerprint density at radius 2 is 1.68 bits per heavy atom. The van der Waals surface area contributed by atoms with E-state index in [-0.39, 0.29) is 16.3 Å². The summed E-state index contributed by atoms with van der Waals surface area (Å²) in [6, 6.07) is 3.83. The van der Waals surface area contributed by atoms with Crippen LogP contribution in [0.5, 0.6) is 5.75 Å². The molecule has 0 bridgehead atoms. The first-order valence-corrected chi connectivity index (χ1v) is 5.53. The van der Waals surface area contributed by atoms with Crippen molar-refractivity contribution in [1.82, 2.24) is 4.90 Å². The van der Waals surface area contributed by atoms with Gasteiger partial charge in [-0.15, -0.1) is 0 Å². The van der Waals surface area contributed by atoms with Gasteiger partial charge in [-0.2, -0.15) is 0 Å². The van der Waals surface area contributed by atoms with Gasteiger partial charge in [0, 0.05) is 5.02 Å². The molecule has 0 radical (unpaired) electrons. The average molecular weight is 286 g/mol. The Balaban J connectivity index is 3.07. The molecule has 0 unspecified atom stereocenters. The normalized spacial score (nSPS) is 9.95. The number of hydrogen-bond donors (Lipinski definition) is 3. The zero-order valence-corrected chi connectivity index (χ0v) is 10.6. The molecule has 8 heteroatoms. The molecule has 1 aromatic rings. The minimum absolute atomic E-state index is 0.144. The number of phenols is 1. The number of amides is 3. The van der Waals surface area contributed by atoms with E-state index in [1.54, 1.807) is 0 Å². The highest BCUT2D eigenvalue weighted by molar-refractivity contribution is 6.31. The second kappa shape index (κ2) is 6.05. The molecular weight excluding hydrogens is 274 g/mol. The molecule has 0 fully saturated rings. The summed E-state index contributed by atoms with van der Waals surface area (Å²) in [5.74, 6) is -2.71. The van der Waals surface area contributed by atoms with E-state index >= 15 is 0 Å². The van der Waals surface area contributed by atoms with Crippen molar-refractivity contribution in [3.8, 4) is 5.75 Å². The maximum Gasteiger partial charge on any atom is 0.258 e. The number of halogens is 1. The van der Waals surface area contributed by atoms with Gasteiger partial charge < -0.3 is 21.5 Å². The van der Waals surface area contributed by atoms with Crippen molar-refractivity contribution in [1.29, 1.82) is 0 Å². The van der Waals surface area contributed by atoms with Gasteiger partial charge in [0.05, 0.1) is 5.56 Å². The molecule has 0 aliphatic rings. The molecule has 0 atom stereocenters. The maximum absolute atomic E-state index is 12.1.